The zero-order valence-electron chi connectivity index (χ0n) is 13.5. The van der Waals surface area contributed by atoms with Gasteiger partial charge in [0.1, 0.15) is 0 Å². The molecule has 1 aromatic carbocycles. The summed E-state index contributed by atoms with van der Waals surface area (Å²) in [5.41, 5.74) is 4.08. The van der Waals surface area contributed by atoms with Gasteiger partial charge in [0.25, 0.3) is 17.7 Å². The largest absolute Gasteiger partial charge is 0.272 e. The maximum atomic E-state index is 12.4. The van der Waals surface area contributed by atoms with Gasteiger partial charge in [0, 0.05) is 5.56 Å². The normalized spacial score (nSPS) is 24.0. The Morgan fingerprint density at radius 1 is 1.04 bits per heavy atom. The fraction of sp³-hybridized carbons (Fsp3) is 0.500. The average Bonchev–Trinajstić information content (AvgIpc) is 2.80. The highest BCUT2D eigenvalue weighted by molar-refractivity contribution is 6.07. The molecule has 1 aromatic rings. The van der Waals surface area contributed by atoms with Crippen LogP contribution in [0, 0.1) is 11.8 Å². The molecule has 0 unspecified atom stereocenters. The Bertz CT molecular complexity index is 612. The minimum atomic E-state index is -0.416. The third-order valence-corrected chi connectivity index (χ3v) is 4.89. The van der Waals surface area contributed by atoms with Gasteiger partial charge >= 0.3 is 0 Å². The second kappa shape index (κ2) is 6.14. The molecule has 1 heterocycles. The predicted octanol–water partition coefficient (Wildman–Crippen LogP) is 2.63. The number of benzene rings is 1. The van der Waals surface area contributed by atoms with Crippen molar-refractivity contribution in [2.75, 3.05) is 0 Å². The Balaban J connectivity index is 1.72. The number of amides is 3. The number of nitrogens with one attached hydrogen (secondary N) is 1. The first-order valence-corrected chi connectivity index (χ1v) is 8.28. The molecule has 0 aromatic heterocycles. The number of fused-ring (bicyclic) bond motifs is 1. The summed E-state index contributed by atoms with van der Waals surface area (Å²) in [6, 6.07) is 7.24. The second-order valence-corrected chi connectivity index (χ2v) is 6.73. The highest BCUT2D eigenvalue weighted by Gasteiger charge is 2.49. The van der Waals surface area contributed by atoms with Crippen molar-refractivity contribution in [1.29, 1.82) is 0 Å². The number of carbonyl (C=O) groups is 3. The molecule has 2 aliphatic rings. The maximum Gasteiger partial charge on any atom is 0.270 e. The fourth-order valence-corrected chi connectivity index (χ4v) is 3.46. The predicted molar refractivity (Wildman–Crippen MR) is 85.3 cm³/mol. The molecule has 0 radical (unpaired) electrons. The molecule has 0 bridgehead atoms. The number of hydrogen-bond donors (Lipinski definition) is 1. The summed E-state index contributed by atoms with van der Waals surface area (Å²) in [7, 11) is 0. The van der Waals surface area contributed by atoms with Gasteiger partial charge in [-0.2, -0.15) is 5.01 Å². The summed E-state index contributed by atoms with van der Waals surface area (Å²) in [5, 5.41) is 0.944. The lowest BCUT2D eigenvalue weighted by molar-refractivity contribution is -0.142. The first-order chi connectivity index (χ1) is 11.0. The van der Waals surface area contributed by atoms with E-state index in [1.54, 1.807) is 12.1 Å². The van der Waals surface area contributed by atoms with E-state index in [9.17, 15) is 14.4 Å². The van der Waals surface area contributed by atoms with Crippen molar-refractivity contribution in [3.05, 3.63) is 35.4 Å². The molecule has 2 atom stereocenters. The van der Waals surface area contributed by atoms with Crippen molar-refractivity contribution in [3.8, 4) is 0 Å². The third kappa shape index (κ3) is 2.87. The van der Waals surface area contributed by atoms with E-state index in [1.807, 2.05) is 12.1 Å². The molecule has 1 saturated heterocycles. The molecule has 122 valence electrons. The van der Waals surface area contributed by atoms with Crippen molar-refractivity contribution >= 4 is 17.7 Å². The van der Waals surface area contributed by atoms with E-state index in [2.05, 4.69) is 19.3 Å². The first-order valence-electron chi connectivity index (χ1n) is 8.28. The summed E-state index contributed by atoms with van der Waals surface area (Å²) in [5.74, 6) is -1.05. The molecule has 5 heteroatoms. The topological polar surface area (TPSA) is 66.5 Å². The van der Waals surface area contributed by atoms with Crippen LogP contribution in [-0.2, 0) is 9.59 Å². The van der Waals surface area contributed by atoms with Crippen molar-refractivity contribution in [1.82, 2.24) is 10.4 Å². The maximum absolute atomic E-state index is 12.4. The van der Waals surface area contributed by atoms with Crippen molar-refractivity contribution in [2.24, 2.45) is 11.8 Å². The van der Waals surface area contributed by atoms with Gasteiger partial charge < -0.3 is 0 Å². The number of hydrogen-bond acceptors (Lipinski definition) is 3. The fourth-order valence-electron chi connectivity index (χ4n) is 3.46. The standard InChI is InChI=1S/C18H22N2O3/c1-11(2)12-7-9-13(10-8-12)16(21)19-20-17(22)14-5-3-4-6-15(14)18(20)23/h7-11,14-15H,3-6H2,1-2H3,(H,19,21)/t14-,15-/m1/s1. The zero-order chi connectivity index (χ0) is 16.6. The Hall–Kier alpha value is -2.17. The minimum absolute atomic E-state index is 0.250. The van der Waals surface area contributed by atoms with Crippen LogP contribution in [0.1, 0.15) is 61.4 Å². The lowest BCUT2D eigenvalue weighted by Crippen LogP contribution is -2.46. The van der Waals surface area contributed by atoms with Gasteiger partial charge in [-0.25, -0.2) is 0 Å². The van der Waals surface area contributed by atoms with Gasteiger partial charge in [-0.1, -0.05) is 38.8 Å². The van der Waals surface area contributed by atoms with Crippen LogP contribution in [-0.4, -0.2) is 22.7 Å². The summed E-state index contributed by atoms with van der Waals surface area (Å²) >= 11 is 0. The van der Waals surface area contributed by atoms with E-state index in [0.29, 0.717) is 11.5 Å². The van der Waals surface area contributed by atoms with Crippen LogP contribution in [0.4, 0.5) is 0 Å². The molecule has 1 saturated carbocycles. The molecular formula is C18H22N2O3. The molecule has 3 rings (SSSR count). The lowest BCUT2D eigenvalue weighted by Gasteiger charge is -2.19. The number of hydrazine groups is 1. The Labute approximate surface area is 136 Å². The second-order valence-electron chi connectivity index (χ2n) is 6.73. The van der Waals surface area contributed by atoms with Crippen LogP contribution in [0.15, 0.2) is 24.3 Å². The van der Waals surface area contributed by atoms with E-state index >= 15 is 0 Å². The molecule has 1 aliphatic carbocycles. The highest BCUT2D eigenvalue weighted by atomic mass is 16.2. The van der Waals surface area contributed by atoms with Crippen molar-refractivity contribution in [3.63, 3.8) is 0 Å². The van der Waals surface area contributed by atoms with E-state index < -0.39 is 5.91 Å². The molecule has 23 heavy (non-hydrogen) atoms. The first kappa shape index (κ1) is 15.7. The summed E-state index contributed by atoms with van der Waals surface area (Å²) in [4.78, 5) is 37.0. The van der Waals surface area contributed by atoms with Crippen LogP contribution >= 0.6 is 0 Å². The Morgan fingerprint density at radius 3 is 2.04 bits per heavy atom. The number of nitrogens with zero attached hydrogens (tertiary/aromatic N) is 1. The van der Waals surface area contributed by atoms with Crippen LogP contribution < -0.4 is 5.43 Å². The molecular weight excluding hydrogens is 292 g/mol. The number of rotatable bonds is 3. The van der Waals surface area contributed by atoms with E-state index in [-0.39, 0.29) is 23.7 Å². The van der Waals surface area contributed by atoms with Crippen molar-refractivity contribution < 1.29 is 14.4 Å². The molecule has 0 spiro atoms. The third-order valence-electron chi connectivity index (χ3n) is 4.89. The summed E-state index contributed by atoms with van der Waals surface area (Å²) in [6.45, 7) is 4.16. The van der Waals surface area contributed by atoms with Crippen LogP contribution in [0.5, 0.6) is 0 Å². The summed E-state index contributed by atoms with van der Waals surface area (Å²) < 4.78 is 0. The molecule has 2 fully saturated rings. The van der Waals surface area contributed by atoms with E-state index in [0.717, 1.165) is 36.3 Å². The Morgan fingerprint density at radius 2 is 1.57 bits per heavy atom. The Kier molecular flexibility index (Phi) is 4.20. The van der Waals surface area contributed by atoms with Crippen LogP contribution in [0.2, 0.25) is 0 Å². The molecule has 1 N–H and O–H groups in total. The highest BCUT2D eigenvalue weighted by Crippen LogP contribution is 2.37. The van der Waals surface area contributed by atoms with Crippen LogP contribution in [0.25, 0.3) is 0 Å². The van der Waals surface area contributed by atoms with E-state index in [1.165, 1.54) is 0 Å². The lowest BCUT2D eigenvalue weighted by atomic mass is 9.81. The van der Waals surface area contributed by atoms with Gasteiger partial charge in [0.15, 0.2) is 0 Å². The minimum Gasteiger partial charge on any atom is -0.272 e. The SMILES string of the molecule is CC(C)c1ccc(C(=O)NN2C(=O)[C@@H]3CCCC[C@H]3C2=O)cc1. The quantitative estimate of drug-likeness (QED) is 0.872. The monoisotopic (exact) mass is 314 g/mol. The molecule has 5 nitrogen and oxygen atoms in total. The van der Waals surface area contributed by atoms with Gasteiger partial charge in [-0.3, -0.25) is 19.8 Å². The van der Waals surface area contributed by atoms with Gasteiger partial charge in [-0.05, 0) is 36.5 Å². The summed E-state index contributed by atoms with van der Waals surface area (Å²) in [6.07, 6.45) is 3.42. The smallest absolute Gasteiger partial charge is 0.270 e. The van der Waals surface area contributed by atoms with E-state index in [4.69, 9.17) is 0 Å². The van der Waals surface area contributed by atoms with Gasteiger partial charge in [-0.15, -0.1) is 0 Å². The average molecular weight is 314 g/mol. The number of carbonyl (C=O) groups excluding carboxylic acids is 3. The molecule has 1 aliphatic heterocycles. The zero-order valence-corrected chi connectivity index (χ0v) is 13.5. The number of imide groups is 1. The van der Waals surface area contributed by atoms with Crippen molar-refractivity contribution in [2.45, 2.75) is 45.4 Å². The van der Waals surface area contributed by atoms with Gasteiger partial charge in [0.05, 0.1) is 11.8 Å². The van der Waals surface area contributed by atoms with Crippen LogP contribution in [0.3, 0.4) is 0 Å². The molecule has 3 amide bonds. The van der Waals surface area contributed by atoms with Gasteiger partial charge in [0.2, 0.25) is 0 Å².